The van der Waals surface area contributed by atoms with Gasteiger partial charge < -0.3 is 20.2 Å². The second-order valence-corrected chi connectivity index (χ2v) is 10.4. The highest BCUT2D eigenvalue weighted by Gasteiger charge is 2.30. The number of benzene rings is 1. The zero-order valence-corrected chi connectivity index (χ0v) is 23.7. The highest BCUT2D eigenvalue weighted by molar-refractivity contribution is 6.30. The quantitative estimate of drug-likeness (QED) is 0.300. The molecule has 14 heteroatoms. The number of hydrogen-bond acceptors (Lipinski definition) is 8. The Morgan fingerprint density at radius 3 is 2.40 bits per heavy atom. The Kier molecular flexibility index (Phi) is 7.35. The van der Waals surface area contributed by atoms with Crippen molar-refractivity contribution in [2.75, 3.05) is 31.1 Å². The number of anilines is 1. The number of piperazine rings is 1. The summed E-state index contributed by atoms with van der Waals surface area (Å²) < 4.78 is 3.33. The molecule has 0 radical (unpaired) electrons. The molecule has 2 amide bonds. The first-order valence-electron chi connectivity index (χ1n) is 13.3. The minimum Gasteiger partial charge on any atom is -0.465 e. The number of carboxylic acid groups (broad SMARTS) is 1. The zero-order valence-electron chi connectivity index (χ0n) is 22.9. The van der Waals surface area contributed by atoms with Crippen LogP contribution in [0.1, 0.15) is 17.2 Å². The van der Waals surface area contributed by atoms with E-state index < -0.39 is 12.1 Å². The Morgan fingerprint density at radius 1 is 1.00 bits per heavy atom. The molecule has 13 nitrogen and oxygen atoms in total. The van der Waals surface area contributed by atoms with Crippen molar-refractivity contribution in [1.29, 1.82) is 5.26 Å². The number of fused-ring (bicyclic) bond motifs is 1. The molecule has 1 atom stereocenters. The molecule has 1 aromatic carbocycles. The van der Waals surface area contributed by atoms with Crippen molar-refractivity contribution in [3.05, 3.63) is 83.5 Å². The number of aryl methyl sites for hydroxylation is 1. The Balaban J connectivity index is 1.20. The number of rotatable bonds is 6. The number of nitrogens with one attached hydrogen (secondary N) is 1. The summed E-state index contributed by atoms with van der Waals surface area (Å²) in [5.41, 5.74) is 4.27. The number of pyridine rings is 1. The first-order chi connectivity index (χ1) is 20.8. The van der Waals surface area contributed by atoms with Gasteiger partial charge in [-0.05, 0) is 29.8 Å². The van der Waals surface area contributed by atoms with Crippen molar-refractivity contribution in [2.45, 2.75) is 6.04 Å². The fraction of sp³-hybridized carbons (Fsp3) is 0.207. The van der Waals surface area contributed by atoms with E-state index in [4.69, 9.17) is 16.6 Å². The molecular weight excluding hydrogens is 572 g/mol. The van der Waals surface area contributed by atoms with Crippen LogP contribution in [0.25, 0.3) is 28.0 Å². The van der Waals surface area contributed by atoms with Gasteiger partial charge in [-0.3, -0.25) is 9.48 Å². The van der Waals surface area contributed by atoms with E-state index in [1.54, 1.807) is 57.0 Å². The Labute approximate surface area is 250 Å². The molecular formula is C29H25ClN10O3. The number of carbonyl (C=O) groups excluding carboxylic acids is 1. The molecule has 1 fully saturated rings. The van der Waals surface area contributed by atoms with Crippen LogP contribution in [0, 0.1) is 11.3 Å². The predicted molar refractivity (Wildman–Crippen MR) is 157 cm³/mol. The molecule has 0 spiro atoms. The van der Waals surface area contributed by atoms with Crippen molar-refractivity contribution >= 4 is 34.9 Å². The third kappa shape index (κ3) is 5.55. The number of hydrogen-bond donors (Lipinski definition) is 2. The molecule has 1 aliphatic heterocycles. The van der Waals surface area contributed by atoms with Gasteiger partial charge in [-0.25, -0.2) is 19.3 Å². The molecule has 1 saturated heterocycles. The van der Waals surface area contributed by atoms with Gasteiger partial charge in [0.25, 0.3) is 0 Å². The summed E-state index contributed by atoms with van der Waals surface area (Å²) in [4.78, 5) is 38.0. The molecule has 4 aromatic heterocycles. The zero-order chi connectivity index (χ0) is 30.1. The monoisotopic (exact) mass is 596 g/mol. The van der Waals surface area contributed by atoms with Crippen LogP contribution in [0.2, 0.25) is 5.02 Å². The van der Waals surface area contributed by atoms with Gasteiger partial charge in [-0.1, -0.05) is 23.7 Å². The lowest BCUT2D eigenvalue weighted by molar-refractivity contribution is -0.133. The number of nitrogens with zero attached hydrogens (tertiary/aromatic N) is 9. The van der Waals surface area contributed by atoms with Crippen molar-refractivity contribution in [3.63, 3.8) is 0 Å². The number of nitriles is 1. The normalized spacial score (nSPS) is 14.0. The van der Waals surface area contributed by atoms with E-state index >= 15 is 0 Å². The third-order valence-corrected chi connectivity index (χ3v) is 7.52. The first kappa shape index (κ1) is 27.7. The maximum absolute atomic E-state index is 13.3. The molecule has 5 aromatic rings. The lowest BCUT2D eigenvalue weighted by atomic mass is 10.1. The highest BCUT2D eigenvalue weighted by atomic mass is 35.5. The second kappa shape index (κ2) is 11.4. The molecule has 0 bridgehead atoms. The SMILES string of the molecule is Cn1cc(-c2cn3ncc(C#N)c3c(-c3ccc(N4CCN(C(=O)C(NC(=O)O)c5ccc(Cl)cc5)CC4)nc3)n2)cn1. The summed E-state index contributed by atoms with van der Waals surface area (Å²) in [5.74, 6) is 0.396. The van der Waals surface area contributed by atoms with Crippen LogP contribution in [-0.4, -0.2) is 77.5 Å². The van der Waals surface area contributed by atoms with Crippen LogP contribution in [0.4, 0.5) is 10.6 Å². The fourth-order valence-electron chi connectivity index (χ4n) is 5.11. The molecule has 2 N–H and O–H groups in total. The van der Waals surface area contributed by atoms with E-state index in [9.17, 15) is 20.0 Å². The standard InChI is InChI=1S/C29H25ClN10O3/c1-37-16-21(15-33-37)23-17-40-27(20(12-31)14-34-40)25(35-23)19-4-7-24(32-13-19)38-8-10-39(11-9-38)28(41)26(36-29(42)43)18-2-5-22(30)6-3-18/h2-7,13-17,26,36H,8-11H2,1H3,(H,42,43). The summed E-state index contributed by atoms with van der Waals surface area (Å²) >= 11 is 5.97. The van der Waals surface area contributed by atoms with E-state index in [-0.39, 0.29) is 5.91 Å². The van der Waals surface area contributed by atoms with Crippen LogP contribution < -0.4 is 10.2 Å². The lowest BCUT2D eigenvalue weighted by Gasteiger charge is -2.37. The van der Waals surface area contributed by atoms with Gasteiger partial charge >= 0.3 is 6.09 Å². The predicted octanol–water partition coefficient (Wildman–Crippen LogP) is 3.37. The van der Waals surface area contributed by atoms with Crippen molar-refractivity contribution < 1.29 is 14.7 Å². The van der Waals surface area contributed by atoms with Gasteiger partial charge in [0.05, 0.1) is 30.0 Å². The van der Waals surface area contributed by atoms with Gasteiger partial charge in [0.15, 0.2) is 0 Å². The summed E-state index contributed by atoms with van der Waals surface area (Å²) in [5, 5.41) is 30.4. The molecule has 0 saturated carbocycles. The maximum Gasteiger partial charge on any atom is 0.405 e. The van der Waals surface area contributed by atoms with Gasteiger partial charge in [0.1, 0.15) is 29.0 Å². The van der Waals surface area contributed by atoms with Crippen LogP contribution in [0.3, 0.4) is 0 Å². The maximum atomic E-state index is 13.3. The number of amides is 2. The highest BCUT2D eigenvalue weighted by Crippen LogP contribution is 2.29. The van der Waals surface area contributed by atoms with E-state index in [1.807, 2.05) is 25.4 Å². The topological polar surface area (TPSA) is 158 Å². The summed E-state index contributed by atoms with van der Waals surface area (Å²) in [7, 11) is 1.83. The minimum atomic E-state index is -1.29. The van der Waals surface area contributed by atoms with Crippen molar-refractivity contribution in [3.8, 4) is 28.6 Å². The Morgan fingerprint density at radius 2 is 1.77 bits per heavy atom. The Bertz CT molecular complexity index is 1850. The van der Waals surface area contributed by atoms with E-state index in [0.29, 0.717) is 59.2 Å². The summed E-state index contributed by atoms with van der Waals surface area (Å²) in [6, 6.07) is 11.5. The summed E-state index contributed by atoms with van der Waals surface area (Å²) in [6.07, 6.45) is 7.28. The number of halogens is 1. The minimum absolute atomic E-state index is 0.328. The fourth-order valence-corrected chi connectivity index (χ4v) is 5.23. The first-order valence-corrected chi connectivity index (χ1v) is 13.7. The largest absolute Gasteiger partial charge is 0.465 e. The Hall–Kier alpha value is -5.48. The van der Waals surface area contributed by atoms with Crippen molar-refractivity contribution in [1.82, 2.24) is 39.6 Å². The van der Waals surface area contributed by atoms with Gasteiger partial charge in [-0.15, -0.1) is 0 Å². The average molecular weight is 597 g/mol. The third-order valence-electron chi connectivity index (χ3n) is 7.27. The van der Waals surface area contributed by atoms with Crippen molar-refractivity contribution in [2.24, 2.45) is 7.05 Å². The molecule has 1 unspecified atom stereocenters. The summed E-state index contributed by atoms with van der Waals surface area (Å²) in [6.45, 7) is 1.81. The van der Waals surface area contributed by atoms with E-state index in [1.165, 1.54) is 6.20 Å². The van der Waals surface area contributed by atoms with E-state index in [2.05, 4.69) is 31.5 Å². The second-order valence-electron chi connectivity index (χ2n) is 9.99. The van der Waals surface area contributed by atoms with Crippen LogP contribution in [0.15, 0.2) is 67.4 Å². The number of aromatic nitrogens is 6. The number of carbonyl (C=O) groups is 2. The average Bonchev–Trinajstić information content (AvgIpc) is 3.65. The molecule has 5 heterocycles. The van der Waals surface area contributed by atoms with Crippen LogP contribution in [0.5, 0.6) is 0 Å². The van der Waals surface area contributed by atoms with Gasteiger partial charge in [-0.2, -0.15) is 15.5 Å². The van der Waals surface area contributed by atoms with E-state index in [0.717, 1.165) is 16.9 Å². The van der Waals surface area contributed by atoms with Gasteiger partial charge in [0.2, 0.25) is 5.91 Å². The lowest BCUT2D eigenvalue weighted by Crippen LogP contribution is -2.52. The molecule has 1 aliphatic rings. The smallest absolute Gasteiger partial charge is 0.405 e. The molecule has 6 rings (SSSR count). The molecule has 0 aliphatic carbocycles. The van der Waals surface area contributed by atoms with Gasteiger partial charge in [0, 0.05) is 61.8 Å². The van der Waals surface area contributed by atoms with Crippen LogP contribution >= 0.6 is 11.6 Å². The molecule has 216 valence electrons. The molecule has 43 heavy (non-hydrogen) atoms. The van der Waals surface area contributed by atoms with Crippen LogP contribution in [-0.2, 0) is 11.8 Å².